The van der Waals surface area contributed by atoms with E-state index in [0.29, 0.717) is 18.9 Å². The lowest BCUT2D eigenvalue weighted by Crippen LogP contribution is -2.08. The Bertz CT molecular complexity index is 441. The molecule has 1 aromatic rings. The van der Waals surface area contributed by atoms with Crippen LogP contribution in [-0.4, -0.2) is 23.0 Å². The van der Waals surface area contributed by atoms with Crippen LogP contribution in [0.15, 0.2) is 12.3 Å². The smallest absolute Gasteiger partial charge is 0.289 e. The quantitative estimate of drug-likeness (QED) is 0.431. The van der Waals surface area contributed by atoms with Crippen molar-refractivity contribution in [2.24, 2.45) is 5.73 Å². The topological polar surface area (TPSA) is 118 Å². The summed E-state index contributed by atoms with van der Waals surface area (Å²) < 4.78 is 0. The van der Waals surface area contributed by atoms with Crippen LogP contribution in [0.5, 0.6) is 0 Å². The minimum Gasteiger partial charge on any atom is -0.369 e. The van der Waals surface area contributed by atoms with E-state index >= 15 is 0 Å². The van der Waals surface area contributed by atoms with Gasteiger partial charge in [-0.1, -0.05) is 0 Å². The third kappa shape index (κ3) is 3.70. The van der Waals surface area contributed by atoms with Crippen LogP contribution in [0.1, 0.15) is 18.4 Å². The molecule has 7 nitrogen and oxygen atoms in total. The number of nitro groups is 1. The van der Waals surface area contributed by atoms with Gasteiger partial charge in [-0.05, 0) is 19.4 Å². The van der Waals surface area contributed by atoms with Crippen molar-refractivity contribution >= 4 is 11.5 Å². The first-order valence-electron chi connectivity index (χ1n) is 5.17. The maximum absolute atomic E-state index is 10.5. The van der Waals surface area contributed by atoms with Crippen molar-refractivity contribution in [2.45, 2.75) is 12.8 Å². The summed E-state index contributed by atoms with van der Waals surface area (Å²) in [5.74, 6) is 0.370. The number of hydrogen-bond donors (Lipinski definition) is 2. The number of hydrogen-bond acceptors (Lipinski definition) is 6. The van der Waals surface area contributed by atoms with E-state index in [1.807, 2.05) is 6.07 Å². The monoisotopic (exact) mass is 235 g/mol. The number of aromatic nitrogens is 1. The fourth-order valence-electron chi connectivity index (χ4n) is 1.26. The van der Waals surface area contributed by atoms with E-state index in [9.17, 15) is 10.1 Å². The molecule has 1 aromatic heterocycles. The zero-order chi connectivity index (χ0) is 12.7. The molecule has 0 bridgehead atoms. The molecule has 0 aliphatic carbocycles. The van der Waals surface area contributed by atoms with Gasteiger partial charge in [-0.2, -0.15) is 5.26 Å². The van der Waals surface area contributed by atoms with Gasteiger partial charge in [0.15, 0.2) is 0 Å². The van der Waals surface area contributed by atoms with Gasteiger partial charge in [0.2, 0.25) is 0 Å². The highest BCUT2D eigenvalue weighted by atomic mass is 16.6. The van der Waals surface area contributed by atoms with Crippen LogP contribution in [0.2, 0.25) is 0 Å². The molecule has 1 heterocycles. The molecule has 0 radical (unpaired) electrons. The maximum atomic E-state index is 10.5. The zero-order valence-corrected chi connectivity index (χ0v) is 9.22. The summed E-state index contributed by atoms with van der Waals surface area (Å²) in [4.78, 5) is 13.8. The summed E-state index contributed by atoms with van der Waals surface area (Å²) in [6.07, 6.45) is 2.87. The van der Waals surface area contributed by atoms with Crippen molar-refractivity contribution in [2.75, 3.05) is 18.4 Å². The Morgan fingerprint density at radius 1 is 1.59 bits per heavy atom. The van der Waals surface area contributed by atoms with Gasteiger partial charge in [0.1, 0.15) is 23.6 Å². The average Bonchev–Trinajstić information content (AvgIpc) is 2.34. The maximum Gasteiger partial charge on any atom is 0.289 e. The second kappa shape index (κ2) is 6.40. The lowest BCUT2D eigenvalue weighted by atomic mass is 10.2. The Morgan fingerprint density at radius 2 is 2.35 bits per heavy atom. The Balaban J connectivity index is 2.73. The van der Waals surface area contributed by atoms with E-state index in [1.165, 1.54) is 6.07 Å². The third-order valence-corrected chi connectivity index (χ3v) is 2.13. The number of nitrogens with one attached hydrogen (secondary N) is 1. The molecule has 0 amide bonds. The fraction of sp³-hybridized carbons (Fsp3) is 0.400. The summed E-state index contributed by atoms with van der Waals surface area (Å²) in [5.41, 5.74) is 5.33. The molecule has 0 fully saturated rings. The Hall–Kier alpha value is -2.20. The van der Waals surface area contributed by atoms with Gasteiger partial charge in [0.25, 0.3) is 5.69 Å². The Kier molecular flexibility index (Phi) is 4.84. The normalized spacial score (nSPS) is 9.65. The molecule has 17 heavy (non-hydrogen) atoms. The Morgan fingerprint density at radius 3 is 2.94 bits per heavy atom. The minimum absolute atomic E-state index is 0.173. The van der Waals surface area contributed by atoms with Crippen LogP contribution in [-0.2, 0) is 0 Å². The number of anilines is 1. The van der Waals surface area contributed by atoms with Gasteiger partial charge in [0.05, 0.1) is 4.92 Å². The van der Waals surface area contributed by atoms with Crippen molar-refractivity contribution in [3.05, 3.63) is 27.9 Å². The van der Waals surface area contributed by atoms with Crippen LogP contribution >= 0.6 is 0 Å². The third-order valence-electron chi connectivity index (χ3n) is 2.13. The average molecular weight is 235 g/mol. The predicted molar refractivity (Wildman–Crippen MR) is 62.4 cm³/mol. The van der Waals surface area contributed by atoms with Crippen LogP contribution in [0.3, 0.4) is 0 Å². The molecular weight excluding hydrogens is 222 g/mol. The van der Waals surface area contributed by atoms with Gasteiger partial charge in [-0.15, -0.1) is 0 Å². The number of nitrogens with two attached hydrogens (primary N) is 1. The van der Waals surface area contributed by atoms with Crippen LogP contribution in [0.4, 0.5) is 11.5 Å². The number of rotatable bonds is 6. The van der Waals surface area contributed by atoms with E-state index in [1.54, 1.807) is 0 Å². The lowest BCUT2D eigenvalue weighted by molar-refractivity contribution is -0.385. The number of nitriles is 1. The molecule has 0 unspecified atom stereocenters. The highest BCUT2D eigenvalue weighted by molar-refractivity contribution is 5.55. The molecule has 7 heteroatoms. The molecular formula is C10H13N5O2. The molecule has 0 aliphatic rings. The summed E-state index contributed by atoms with van der Waals surface area (Å²) in [5, 5.41) is 22.3. The summed E-state index contributed by atoms with van der Waals surface area (Å²) >= 11 is 0. The van der Waals surface area contributed by atoms with E-state index < -0.39 is 4.92 Å². The van der Waals surface area contributed by atoms with Crippen molar-refractivity contribution in [3.8, 4) is 6.07 Å². The summed E-state index contributed by atoms with van der Waals surface area (Å²) in [6, 6.07) is 3.08. The highest BCUT2D eigenvalue weighted by Crippen LogP contribution is 2.17. The first kappa shape index (κ1) is 12.9. The molecule has 0 aromatic carbocycles. The van der Waals surface area contributed by atoms with E-state index in [4.69, 9.17) is 11.0 Å². The summed E-state index contributed by atoms with van der Waals surface area (Å²) in [6.45, 7) is 1.25. The van der Waals surface area contributed by atoms with Crippen molar-refractivity contribution < 1.29 is 4.92 Å². The molecule has 3 N–H and O–H groups in total. The number of pyridine rings is 1. The van der Waals surface area contributed by atoms with Gasteiger partial charge in [-0.3, -0.25) is 10.1 Å². The van der Waals surface area contributed by atoms with Crippen molar-refractivity contribution in [3.63, 3.8) is 0 Å². The van der Waals surface area contributed by atoms with E-state index in [0.717, 1.165) is 19.0 Å². The van der Waals surface area contributed by atoms with Crippen molar-refractivity contribution in [1.29, 1.82) is 5.26 Å². The first-order valence-corrected chi connectivity index (χ1v) is 5.17. The van der Waals surface area contributed by atoms with Crippen molar-refractivity contribution in [1.82, 2.24) is 4.98 Å². The lowest BCUT2D eigenvalue weighted by Gasteiger charge is -2.05. The number of unbranched alkanes of at least 4 members (excludes halogenated alkanes) is 1. The van der Waals surface area contributed by atoms with Gasteiger partial charge < -0.3 is 11.1 Å². The van der Waals surface area contributed by atoms with Gasteiger partial charge in [0, 0.05) is 12.6 Å². The van der Waals surface area contributed by atoms with E-state index in [2.05, 4.69) is 10.3 Å². The Labute approximate surface area is 98.4 Å². The van der Waals surface area contributed by atoms with E-state index in [-0.39, 0.29) is 11.3 Å². The molecule has 0 atom stereocenters. The second-order valence-electron chi connectivity index (χ2n) is 3.38. The standard InChI is InChI=1S/C10H13N5O2/c11-3-1-2-4-13-10-8(6-12)5-9(7-14-10)15(16)17/h5,7H,1-4,11H2,(H,13,14). The molecule has 0 spiro atoms. The largest absolute Gasteiger partial charge is 0.369 e. The minimum atomic E-state index is -0.577. The van der Waals surface area contributed by atoms with Crippen LogP contribution in [0.25, 0.3) is 0 Å². The molecule has 0 saturated heterocycles. The number of nitrogens with zero attached hydrogens (tertiary/aromatic N) is 3. The first-order chi connectivity index (χ1) is 8.19. The highest BCUT2D eigenvalue weighted by Gasteiger charge is 2.11. The molecule has 1 rings (SSSR count). The zero-order valence-electron chi connectivity index (χ0n) is 9.22. The van der Waals surface area contributed by atoms with Crippen LogP contribution in [0, 0.1) is 21.4 Å². The fourth-order valence-corrected chi connectivity index (χ4v) is 1.26. The molecule has 0 saturated carbocycles. The molecule has 90 valence electrons. The summed E-state index contributed by atoms with van der Waals surface area (Å²) in [7, 11) is 0. The second-order valence-corrected chi connectivity index (χ2v) is 3.38. The molecule has 0 aliphatic heterocycles. The van der Waals surface area contributed by atoms with Crippen LogP contribution < -0.4 is 11.1 Å². The SMILES string of the molecule is N#Cc1cc([N+](=O)[O-])cnc1NCCCCN. The van der Waals surface area contributed by atoms with Gasteiger partial charge >= 0.3 is 0 Å². The van der Waals surface area contributed by atoms with Gasteiger partial charge in [-0.25, -0.2) is 4.98 Å². The predicted octanol–water partition coefficient (Wildman–Crippen LogP) is 1.01.